The molecule has 6 nitrogen and oxygen atoms in total. The molecule has 0 atom stereocenters. The van der Waals surface area contributed by atoms with Crippen molar-refractivity contribution in [1.82, 2.24) is 5.32 Å². The van der Waals surface area contributed by atoms with Gasteiger partial charge in [-0.2, -0.15) is 0 Å². The largest absolute Gasteiger partial charge is 0.336 e. The zero-order chi connectivity index (χ0) is 22.5. The van der Waals surface area contributed by atoms with Crippen LogP contribution in [0.3, 0.4) is 0 Å². The van der Waals surface area contributed by atoms with E-state index in [1.807, 2.05) is 12.1 Å². The number of anilines is 1. The topological polar surface area (TPSA) is 92.5 Å². The van der Waals surface area contributed by atoms with Crippen LogP contribution in [0, 0.1) is 0 Å². The number of benzene rings is 2. The van der Waals surface area contributed by atoms with Crippen LogP contribution >= 0.6 is 0 Å². The summed E-state index contributed by atoms with van der Waals surface area (Å²) in [6.07, 6.45) is 0. The first-order valence-corrected chi connectivity index (χ1v) is 11.6. The van der Waals surface area contributed by atoms with E-state index in [2.05, 4.69) is 52.9 Å². The van der Waals surface area contributed by atoms with E-state index in [1.54, 1.807) is 17.0 Å². The molecular weight excluding hydrogens is 398 g/mol. The van der Waals surface area contributed by atoms with E-state index in [4.69, 9.17) is 5.14 Å². The van der Waals surface area contributed by atoms with E-state index in [0.29, 0.717) is 24.3 Å². The molecule has 30 heavy (non-hydrogen) atoms. The van der Waals surface area contributed by atoms with Crippen LogP contribution in [0.4, 0.5) is 10.5 Å². The minimum Gasteiger partial charge on any atom is -0.336 e. The maximum atomic E-state index is 12.4. The lowest BCUT2D eigenvalue weighted by molar-refractivity contribution is 0.252. The average Bonchev–Trinajstić information content (AvgIpc) is 3.04. The highest BCUT2D eigenvalue weighted by Gasteiger charge is 2.26. The van der Waals surface area contributed by atoms with Gasteiger partial charge in [-0.05, 0) is 45.7 Å². The molecule has 2 aromatic rings. The van der Waals surface area contributed by atoms with Gasteiger partial charge in [-0.1, -0.05) is 59.7 Å². The normalized spacial score (nSPS) is 15.4. The lowest BCUT2D eigenvalue weighted by Crippen LogP contribution is -2.27. The van der Waals surface area contributed by atoms with Crippen molar-refractivity contribution < 1.29 is 13.2 Å². The first-order valence-electron chi connectivity index (χ1n) is 10.1. The highest BCUT2D eigenvalue weighted by molar-refractivity contribution is 7.89. The molecule has 0 saturated carbocycles. The van der Waals surface area contributed by atoms with Crippen LogP contribution in [-0.2, 0) is 20.9 Å². The van der Waals surface area contributed by atoms with Gasteiger partial charge in [0.05, 0.1) is 4.90 Å². The average molecular weight is 430 g/mol. The van der Waals surface area contributed by atoms with Crippen molar-refractivity contribution in [3.8, 4) is 11.1 Å². The van der Waals surface area contributed by atoms with Crippen molar-refractivity contribution in [1.29, 1.82) is 0 Å². The van der Waals surface area contributed by atoms with Gasteiger partial charge in [0, 0.05) is 24.3 Å². The minimum absolute atomic E-state index is 0.0526. The molecule has 0 radical (unpaired) electrons. The van der Waals surface area contributed by atoms with Crippen LogP contribution in [0.15, 0.2) is 41.3 Å². The molecule has 1 aliphatic rings. The lowest BCUT2D eigenvalue weighted by atomic mass is 9.79. The number of hydrogen-bond donors (Lipinski definition) is 2. The summed E-state index contributed by atoms with van der Waals surface area (Å²) in [5.74, 6) is 0. The molecule has 2 aromatic carbocycles. The first-order chi connectivity index (χ1) is 13.7. The molecule has 0 unspecified atom stereocenters. The van der Waals surface area contributed by atoms with Gasteiger partial charge in [-0.15, -0.1) is 0 Å². The van der Waals surface area contributed by atoms with Crippen molar-refractivity contribution in [3.63, 3.8) is 0 Å². The third-order valence-electron chi connectivity index (χ3n) is 5.41. The van der Waals surface area contributed by atoms with E-state index in [1.165, 1.54) is 6.07 Å². The van der Waals surface area contributed by atoms with Crippen molar-refractivity contribution >= 4 is 21.7 Å². The summed E-state index contributed by atoms with van der Waals surface area (Å²) >= 11 is 0. The van der Waals surface area contributed by atoms with Gasteiger partial charge >= 0.3 is 6.03 Å². The Balaban J connectivity index is 2.31. The number of primary sulfonamides is 1. The molecule has 0 aliphatic carbocycles. The summed E-state index contributed by atoms with van der Waals surface area (Å²) in [5.41, 5.74) is 3.90. The molecule has 1 aliphatic heterocycles. The second-order valence-electron chi connectivity index (χ2n) is 9.91. The monoisotopic (exact) mass is 429 g/mol. The second kappa shape index (κ2) is 7.39. The Morgan fingerprint density at radius 1 is 0.933 bits per heavy atom. The second-order valence-corrected chi connectivity index (χ2v) is 11.4. The number of carbonyl (C=O) groups excluding carboxylic acids is 1. The van der Waals surface area contributed by atoms with Crippen LogP contribution in [0.25, 0.3) is 11.1 Å². The Morgan fingerprint density at radius 3 is 1.93 bits per heavy atom. The molecule has 0 aromatic heterocycles. The molecular formula is C23H31N3O3S. The maximum Gasteiger partial charge on any atom is 0.321 e. The first kappa shape index (κ1) is 22.3. The molecule has 3 N–H and O–H groups in total. The number of sulfonamides is 1. The molecule has 0 spiro atoms. The number of urea groups is 1. The standard InChI is InChI=1S/C23H31N3O3S/c1-22(2,3)16-11-15(12-17(13-16)23(4,5)6)19-14-18(26-10-9-25-21(26)27)7-8-20(19)30(24,28)29/h7-8,11-14H,9-10H2,1-6H3,(H,25,27)(H2,24,28,29). The Labute approximate surface area is 179 Å². The van der Waals surface area contributed by atoms with Crippen LogP contribution in [-0.4, -0.2) is 27.5 Å². The molecule has 1 fully saturated rings. The lowest BCUT2D eigenvalue weighted by Gasteiger charge is -2.27. The number of nitrogens with zero attached hydrogens (tertiary/aromatic N) is 1. The van der Waals surface area contributed by atoms with Crippen LogP contribution in [0.1, 0.15) is 52.7 Å². The fourth-order valence-electron chi connectivity index (χ4n) is 3.53. The SMILES string of the molecule is CC(C)(C)c1cc(-c2cc(N3CCNC3=O)ccc2S(N)(=O)=O)cc(C(C)(C)C)c1. The van der Waals surface area contributed by atoms with Gasteiger partial charge in [-0.25, -0.2) is 18.4 Å². The number of amides is 2. The molecule has 1 heterocycles. The van der Waals surface area contributed by atoms with E-state index in [0.717, 1.165) is 16.7 Å². The number of nitrogens with one attached hydrogen (secondary N) is 1. The molecule has 3 rings (SSSR count). The van der Waals surface area contributed by atoms with E-state index in [-0.39, 0.29) is 21.8 Å². The summed E-state index contributed by atoms with van der Waals surface area (Å²) in [7, 11) is -3.95. The third kappa shape index (κ3) is 4.52. The number of rotatable bonds is 3. The summed E-state index contributed by atoms with van der Waals surface area (Å²) < 4.78 is 24.7. The van der Waals surface area contributed by atoms with Crippen molar-refractivity contribution in [3.05, 3.63) is 47.5 Å². The summed E-state index contributed by atoms with van der Waals surface area (Å²) in [6.45, 7) is 13.9. The maximum absolute atomic E-state index is 12.4. The van der Waals surface area contributed by atoms with Gasteiger partial charge in [-0.3, -0.25) is 4.90 Å². The van der Waals surface area contributed by atoms with E-state index in [9.17, 15) is 13.2 Å². The van der Waals surface area contributed by atoms with Crippen molar-refractivity contribution in [2.45, 2.75) is 57.3 Å². The zero-order valence-corrected chi connectivity index (χ0v) is 19.4. The zero-order valence-electron chi connectivity index (χ0n) is 18.5. The van der Waals surface area contributed by atoms with Crippen LogP contribution in [0.5, 0.6) is 0 Å². The molecule has 162 valence electrons. The number of hydrogen-bond acceptors (Lipinski definition) is 3. The quantitative estimate of drug-likeness (QED) is 0.768. The van der Waals surface area contributed by atoms with Gasteiger partial charge in [0.25, 0.3) is 0 Å². The predicted molar refractivity (Wildman–Crippen MR) is 121 cm³/mol. The highest BCUT2D eigenvalue weighted by Crippen LogP contribution is 2.37. The van der Waals surface area contributed by atoms with Crippen LogP contribution < -0.4 is 15.4 Å². The van der Waals surface area contributed by atoms with Crippen molar-refractivity contribution in [2.75, 3.05) is 18.0 Å². The molecule has 1 saturated heterocycles. The van der Waals surface area contributed by atoms with Crippen molar-refractivity contribution in [2.24, 2.45) is 5.14 Å². The summed E-state index contributed by atoms with van der Waals surface area (Å²) in [6, 6.07) is 10.9. The summed E-state index contributed by atoms with van der Waals surface area (Å²) in [4.78, 5) is 13.8. The molecule has 7 heteroatoms. The van der Waals surface area contributed by atoms with Gasteiger partial charge < -0.3 is 5.32 Å². The molecule has 2 amide bonds. The summed E-state index contributed by atoms with van der Waals surface area (Å²) in [5, 5.41) is 8.33. The fourth-order valence-corrected chi connectivity index (χ4v) is 4.27. The third-order valence-corrected chi connectivity index (χ3v) is 6.38. The van der Waals surface area contributed by atoms with Gasteiger partial charge in [0.2, 0.25) is 10.0 Å². The number of carbonyl (C=O) groups is 1. The van der Waals surface area contributed by atoms with E-state index < -0.39 is 10.0 Å². The van der Waals surface area contributed by atoms with Gasteiger partial charge in [0.1, 0.15) is 0 Å². The Hall–Kier alpha value is -2.38. The molecule has 0 bridgehead atoms. The van der Waals surface area contributed by atoms with E-state index >= 15 is 0 Å². The Kier molecular flexibility index (Phi) is 5.50. The van der Waals surface area contributed by atoms with Crippen LogP contribution in [0.2, 0.25) is 0 Å². The Bertz CT molecular complexity index is 1060. The Morgan fingerprint density at radius 2 is 1.50 bits per heavy atom. The fraction of sp³-hybridized carbons (Fsp3) is 0.435. The number of nitrogens with two attached hydrogens (primary N) is 1. The minimum atomic E-state index is -3.95. The van der Waals surface area contributed by atoms with Gasteiger partial charge in [0.15, 0.2) is 0 Å². The predicted octanol–water partition coefficient (Wildman–Crippen LogP) is 4.13. The highest BCUT2D eigenvalue weighted by atomic mass is 32.2. The smallest absolute Gasteiger partial charge is 0.321 e.